The third-order valence-electron chi connectivity index (χ3n) is 2.25. The largest absolute Gasteiger partial charge is 0.209 e. The van der Waals surface area contributed by atoms with Gasteiger partial charge >= 0.3 is 0 Å². The predicted octanol–water partition coefficient (Wildman–Crippen LogP) is 3.43. The van der Waals surface area contributed by atoms with Crippen LogP contribution in [0.1, 0.15) is 11.1 Å². The zero-order valence-corrected chi connectivity index (χ0v) is 10.9. The highest BCUT2D eigenvalue weighted by Gasteiger charge is 2.08. The van der Waals surface area contributed by atoms with Crippen LogP contribution in [0.5, 0.6) is 0 Å². The maximum atomic E-state index is 4.38. The highest BCUT2D eigenvalue weighted by atomic mass is 127. The molecule has 2 nitrogen and oxygen atoms in total. The van der Waals surface area contributed by atoms with E-state index in [4.69, 9.17) is 0 Å². The Morgan fingerprint density at radius 1 is 1.29 bits per heavy atom. The first-order valence-electron chi connectivity index (χ1n) is 4.24. The molecule has 0 bridgehead atoms. The van der Waals surface area contributed by atoms with Gasteiger partial charge in [0.2, 0.25) is 0 Å². The smallest absolute Gasteiger partial charge is 0.174 e. The summed E-state index contributed by atoms with van der Waals surface area (Å²) in [6.07, 6.45) is 0. The second-order valence-electron chi connectivity index (χ2n) is 3.12. The molecule has 0 aliphatic rings. The van der Waals surface area contributed by atoms with E-state index in [0.717, 1.165) is 14.4 Å². The third kappa shape index (κ3) is 1.81. The summed E-state index contributed by atoms with van der Waals surface area (Å²) in [6, 6.07) is 6.22. The van der Waals surface area contributed by atoms with Crippen molar-refractivity contribution in [3.8, 4) is 11.4 Å². The fraction of sp³-hybridized carbons (Fsp3) is 0.200. The lowest BCUT2D eigenvalue weighted by atomic mass is 10.0. The van der Waals surface area contributed by atoms with E-state index in [-0.39, 0.29) is 0 Å². The molecule has 1 heterocycles. The Balaban J connectivity index is 2.57. The molecule has 0 saturated heterocycles. The summed E-state index contributed by atoms with van der Waals surface area (Å²) in [4.78, 5) is 4.38. The number of halogens is 1. The molecule has 0 unspecified atom stereocenters. The lowest BCUT2D eigenvalue weighted by Gasteiger charge is -2.03. The zero-order valence-electron chi connectivity index (χ0n) is 7.91. The fourth-order valence-corrected chi connectivity index (χ4v) is 2.26. The molecular weight excluding hydrogens is 307 g/mol. The van der Waals surface area contributed by atoms with Crippen molar-refractivity contribution < 1.29 is 0 Å². The van der Waals surface area contributed by atoms with E-state index in [9.17, 15) is 0 Å². The summed E-state index contributed by atoms with van der Waals surface area (Å²) < 4.78 is 5.30. The van der Waals surface area contributed by atoms with Crippen LogP contribution in [0.25, 0.3) is 11.4 Å². The maximum absolute atomic E-state index is 4.38. The average molecular weight is 316 g/mol. The maximum Gasteiger partial charge on any atom is 0.174 e. The Hall–Kier alpha value is -0.490. The van der Waals surface area contributed by atoms with E-state index in [0.29, 0.717) is 0 Å². The molecule has 72 valence electrons. The predicted molar refractivity (Wildman–Crippen MR) is 67.5 cm³/mol. The van der Waals surface area contributed by atoms with E-state index in [1.165, 1.54) is 22.7 Å². The number of rotatable bonds is 1. The summed E-state index contributed by atoms with van der Waals surface area (Å²) in [5.74, 6) is 0.848. The number of hydrogen-bond donors (Lipinski definition) is 0. The first-order valence-corrected chi connectivity index (χ1v) is 6.09. The lowest BCUT2D eigenvalue weighted by molar-refractivity contribution is 1.26. The molecular formula is C10H9IN2S. The van der Waals surface area contributed by atoms with Gasteiger partial charge in [-0.2, -0.15) is 4.37 Å². The zero-order chi connectivity index (χ0) is 10.1. The van der Waals surface area contributed by atoms with Gasteiger partial charge in [-0.05, 0) is 59.1 Å². The molecule has 14 heavy (non-hydrogen) atoms. The van der Waals surface area contributed by atoms with Gasteiger partial charge in [0.05, 0.1) is 0 Å². The van der Waals surface area contributed by atoms with Crippen molar-refractivity contribution in [2.45, 2.75) is 13.8 Å². The quantitative estimate of drug-likeness (QED) is 0.753. The van der Waals surface area contributed by atoms with E-state index < -0.39 is 0 Å². The van der Waals surface area contributed by atoms with Gasteiger partial charge in [0.1, 0.15) is 0 Å². The molecule has 2 rings (SSSR count). The standard InChI is InChI=1S/C10H9IN2S/c1-6-4-3-5-8(7(6)2)9-12-10(11)14-13-9/h3-5H,1-2H3. The van der Waals surface area contributed by atoms with Crippen LogP contribution in [0.2, 0.25) is 0 Å². The van der Waals surface area contributed by atoms with E-state index in [1.807, 2.05) is 6.07 Å². The van der Waals surface area contributed by atoms with Crippen LogP contribution < -0.4 is 0 Å². The Morgan fingerprint density at radius 3 is 2.71 bits per heavy atom. The van der Waals surface area contributed by atoms with Crippen molar-refractivity contribution in [3.05, 3.63) is 32.3 Å². The Bertz CT molecular complexity index is 465. The SMILES string of the molecule is Cc1cccc(-c2nsc(I)n2)c1C. The molecule has 0 radical (unpaired) electrons. The van der Waals surface area contributed by atoms with Crippen molar-refractivity contribution in [2.24, 2.45) is 0 Å². The number of hydrogen-bond acceptors (Lipinski definition) is 3. The monoisotopic (exact) mass is 316 g/mol. The van der Waals surface area contributed by atoms with Gasteiger partial charge in [0.25, 0.3) is 0 Å². The first kappa shape index (κ1) is 10.0. The molecule has 0 fully saturated rings. The Kier molecular flexibility index (Phi) is 2.83. The van der Waals surface area contributed by atoms with Crippen LogP contribution in [0.4, 0.5) is 0 Å². The Labute approximate surface area is 101 Å². The van der Waals surface area contributed by atoms with E-state index >= 15 is 0 Å². The topological polar surface area (TPSA) is 25.8 Å². The van der Waals surface area contributed by atoms with Crippen molar-refractivity contribution in [2.75, 3.05) is 0 Å². The molecule has 0 aliphatic carbocycles. The summed E-state index contributed by atoms with van der Waals surface area (Å²) in [7, 11) is 0. The molecule has 0 atom stereocenters. The van der Waals surface area contributed by atoms with Crippen LogP contribution in [0.3, 0.4) is 0 Å². The van der Waals surface area contributed by atoms with Gasteiger partial charge in [-0.1, -0.05) is 18.2 Å². The molecule has 0 N–H and O–H groups in total. The van der Waals surface area contributed by atoms with Crippen LogP contribution >= 0.6 is 34.1 Å². The van der Waals surface area contributed by atoms with E-state index in [2.05, 4.69) is 57.9 Å². The van der Waals surface area contributed by atoms with Gasteiger partial charge < -0.3 is 0 Å². The fourth-order valence-electron chi connectivity index (χ4n) is 1.31. The van der Waals surface area contributed by atoms with Crippen LogP contribution in [0, 0.1) is 16.9 Å². The summed E-state index contributed by atoms with van der Waals surface area (Å²) in [6.45, 7) is 4.22. The summed E-state index contributed by atoms with van der Waals surface area (Å²) >= 11 is 3.63. The minimum absolute atomic E-state index is 0.848. The molecule has 0 aliphatic heterocycles. The minimum atomic E-state index is 0.848. The second kappa shape index (κ2) is 3.94. The highest BCUT2D eigenvalue weighted by Crippen LogP contribution is 2.24. The van der Waals surface area contributed by atoms with Crippen LogP contribution in [-0.2, 0) is 0 Å². The molecule has 1 aromatic heterocycles. The third-order valence-corrected chi connectivity index (χ3v) is 3.59. The average Bonchev–Trinajstić information content (AvgIpc) is 2.57. The normalized spacial score (nSPS) is 10.5. The van der Waals surface area contributed by atoms with Crippen LogP contribution in [-0.4, -0.2) is 9.36 Å². The van der Waals surface area contributed by atoms with Gasteiger partial charge in [-0.15, -0.1) is 0 Å². The summed E-state index contributed by atoms with van der Waals surface area (Å²) in [5, 5.41) is 0. The van der Waals surface area contributed by atoms with Crippen molar-refractivity contribution in [3.63, 3.8) is 0 Å². The highest BCUT2D eigenvalue weighted by molar-refractivity contribution is 14.1. The molecule has 0 saturated carbocycles. The molecule has 2 aromatic rings. The number of aryl methyl sites for hydroxylation is 1. The van der Waals surface area contributed by atoms with Crippen molar-refractivity contribution in [1.82, 2.24) is 9.36 Å². The number of benzene rings is 1. The summed E-state index contributed by atoms with van der Waals surface area (Å²) in [5.41, 5.74) is 3.69. The molecule has 4 heteroatoms. The lowest BCUT2D eigenvalue weighted by Crippen LogP contribution is -1.88. The van der Waals surface area contributed by atoms with Crippen molar-refractivity contribution >= 4 is 34.1 Å². The number of aromatic nitrogens is 2. The molecule has 0 amide bonds. The van der Waals surface area contributed by atoms with E-state index in [1.54, 1.807) is 0 Å². The second-order valence-corrected chi connectivity index (χ2v) is 5.62. The first-order chi connectivity index (χ1) is 6.68. The van der Waals surface area contributed by atoms with Crippen molar-refractivity contribution in [1.29, 1.82) is 0 Å². The van der Waals surface area contributed by atoms with Gasteiger partial charge in [0.15, 0.2) is 8.84 Å². The van der Waals surface area contributed by atoms with Crippen LogP contribution in [0.15, 0.2) is 18.2 Å². The van der Waals surface area contributed by atoms with Gasteiger partial charge in [-0.3, -0.25) is 0 Å². The van der Waals surface area contributed by atoms with Gasteiger partial charge in [0, 0.05) is 5.56 Å². The Morgan fingerprint density at radius 2 is 2.07 bits per heavy atom. The van der Waals surface area contributed by atoms with Gasteiger partial charge in [-0.25, -0.2) is 4.98 Å². The molecule has 0 spiro atoms. The minimum Gasteiger partial charge on any atom is -0.209 e. The molecule has 1 aromatic carbocycles. The number of nitrogens with zero attached hydrogens (tertiary/aromatic N) is 2.